The van der Waals surface area contributed by atoms with Crippen LogP contribution in [0.25, 0.3) is 0 Å². The molecule has 0 radical (unpaired) electrons. The average molecular weight is 382 g/mol. The number of carbonyl (C=O) groups excluding carboxylic acids is 1. The third-order valence-electron chi connectivity index (χ3n) is 5.73. The predicted octanol–water partition coefficient (Wildman–Crippen LogP) is 3.69. The molecule has 0 bridgehead atoms. The van der Waals surface area contributed by atoms with Crippen LogP contribution >= 0.6 is 0 Å². The van der Waals surface area contributed by atoms with Crippen LogP contribution in [-0.2, 0) is 12.0 Å². The number of pyridine rings is 1. The number of anilines is 1. The van der Waals surface area contributed by atoms with Gasteiger partial charge in [0.05, 0.1) is 17.6 Å². The zero-order chi connectivity index (χ0) is 19.7. The lowest BCUT2D eigenvalue weighted by molar-refractivity contribution is 0.188. The fraction of sp³-hybridized carbons (Fsp3) is 0.455. The van der Waals surface area contributed by atoms with Crippen LogP contribution in [0.15, 0.2) is 42.6 Å². The molecule has 28 heavy (non-hydrogen) atoms. The second-order valence-electron chi connectivity index (χ2n) is 8.48. The number of fused-ring (bicyclic) bond motifs is 1. The minimum Gasteiger partial charge on any atom is -0.335 e. The number of urea groups is 1. The number of nitrogens with one attached hydrogen (secondary N) is 1. The van der Waals surface area contributed by atoms with Crippen LogP contribution in [0.5, 0.6) is 0 Å². The van der Waals surface area contributed by atoms with Gasteiger partial charge in [-0.05, 0) is 18.4 Å². The van der Waals surface area contributed by atoms with E-state index in [1.54, 1.807) is 4.90 Å². The first-order valence-electron chi connectivity index (χ1n) is 9.93. The maximum atomic E-state index is 13.7. The van der Waals surface area contributed by atoms with Crippen molar-refractivity contribution in [2.24, 2.45) is 0 Å². The van der Waals surface area contributed by atoms with E-state index in [-0.39, 0.29) is 17.5 Å². The molecule has 1 N–H and O–H groups in total. The molecule has 148 valence electrons. The van der Waals surface area contributed by atoms with E-state index in [4.69, 9.17) is 0 Å². The van der Waals surface area contributed by atoms with Gasteiger partial charge in [-0.2, -0.15) is 0 Å². The molecule has 3 heterocycles. The van der Waals surface area contributed by atoms with Crippen molar-refractivity contribution >= 4 is 11.7 Å². The Hall–Kier alpha value is -2.47. The Morgan fingerprint density at radius 3 is 2.68 bits per heavy atom. The number of aromatic nitrogens is 1. The minimum absolute atomic E-state index is 0.146. The van der Waals surface area contributed by atoms with Crippen molar-refractivity contribution in [3.8, 4) is 0 Å². The van der Waals surface area contributed by atoms with E-state index in [9.17, 15) is 9.18 Å². The first-order valence-corrected chi connectivity index (χ1v) is 9.93. The minimum atomic E-state index is -0.413. The zero-order valence-corrected chi connectivity index (χ0v) is 16.5. The molecule has 0 spiro atoms. The summed E-state index contributed by atoms with van der Waals surface area (Å²) in [6, 6.07) is 11.9. The molecule has 0 unspecified atom stereocenters. The van der Waals surface area contributed by atoms with Crippen molar-refractivity contribution in [2.45, 2.75) is 44.7 Å². The number of halogens is 1. The number of benzene rings is 1. The van der Waals surface area contributed by atoms with Gasteiger partial charge in [0, 0.05) is 43.7 Å². The number of nitrogens with zero attached hydrogens (tertiary/aromatic N) is 3. The highest BCUT2D eigenvalue weighted by atomic mass is 19.1. The van der Waals surface area contributed by atoms with Crippen LogP contribution in [-0.4, -0.2) is 41.6 Å². The lowest BCUT2D eigenvalue weighted by atomic mass is 9.91. The summed E-state index contributed by atoms with van der Waals surface area (Å²) >= 11 is 0. The molecule has 2 aliphatic heterocycles. The Balaban J connectivity index is 1.35. The fourth-order valence-corrected chi connectivity index (χ4v) is 4.22. The molecule has 1 fully saturated rings. The summed E-state index contributed by atoms with van der Waals surface area (Å²) in [6.07, 6.45) is 3.07. The van der Waals surface area contributed by atoms with Crippen LogP contribution in [0.4, 0.5) is 14.9 Å². The van der Waals surface area contributed by atoms with Crippen LogP contribution in [0.3, 0.4) is 0 Å². The second kappa shape index (κ2) is 7.51. The molecule has 2 aromatic rings. The maximum absolute atomic E-state index is 13.7. The van der Waals surface area contributed by atoms with Gasteiger partial charge in [-0.1, -0.05) is 44.2 Å². The molecular weight excluding hydrogens is 355 g/mol. The molecule has 5 nitrogen and oxygen atoms in total. The Kier molecular flexibility index (Phi) is 5.06. The average Bonchev–Trinajstić information content (AvgIpc) is 2.94. The van der Waals surface area contributed by atoms with E-state index >= 15 is 0 Å². The number of piperidine rings is 1. The summed E-state index contributed by atoms with van der Waals surface area (Å²) in [5, 5.41) is 3.15. The third kappa shape index (κ3) is 3.87. The van der Waals surface area contributed by atoms with Gasteiger partial charge in [0.1, 0.15) is 5.82 Å². The van der Waals surface area contributed by atoms with Crippen LogP contribution < -0.4 is 10.2 Å². The van der Waals surface area contributed by atoms with Crippen molar-refractivity contribution in [2.75, 3.05) is 24.5 Å². The molecule has 6 heteroatoms. The predicted molar refractivity (Wildman–Crippen MR) is 108 cm³/mol. The molecular formula is C22H27FN4O. The SMILES string of the molecule is CC1(C)CN(C(=O)NC2CCN(Cc3ccccc3)CC2)c2cc(F)cnc21. The standard InChI is InChI=1S/C22H27FN4O/c1-22(2)15-27(19-12-17(23)13-24-20(19)22)21(28)25-18-8-10-26(11-9-18)14-16-6-4-3-5-7-16/h3-7,12-13,18H,8-11,14-15H2,1-2H3,(H,25,28). The largest absolute Gasteiger partial charge is 0.335 e. The van der Waals surface area contributed by atoms with E-state index in [0.717, 1.165) is 38.2 Å². The quantitative estimate of drug-likeness (QED) is 0.881. The van der Waals surface area contributed by atoms with E-state index < -0.39 is 5.82 Å². The molecule has 0 saturated carbocycles. The van der Waals surface area contributed by atoms with Crippen molar-refractivity contribution in [1.82, 2.24) is 15.2 Å². The number of likely N-dealkylation sites (tertiary alicyclic amines) is 1. The van der Waals surface area contributed by atoms with Crippen LogP contribution in [0, 0.1) is 5.82 Å². The lowest BCUT2D eigenvalue weighted by Gasteiger charge is -2.33. The van der Waals surface area contributed by atoms with Gasteiger partial charge >= 0.3 is 6.03 Å². The Labute approximate surface area is 165 Å². The van der Waals surface area contributed by atoms with E-state index in [1.165, 1.54) is 17.8 Å². The topological polar surface area (TPSA) is 48.5 Å². The van der Waals surface area contributed by atoms with E-state index in [2.05, 4.69) is 39.5 Å². The molecule has 1 saturated heterocycles. The van der Waals surface area contributed by atoms with Gasteiger partial charge < -0.3 is 5.32 Å². The van der Waals surface area contributed by atoms with Gasteiger partial charge in [0.25, 0.3) is 0 Å². The highest BCUT2D eigenvalue weighted by molar-refractivity contribution is 5.94. The Bertz CT molecular complexity index is 847. The molecule has 0 aliphatic carbocycles. The molecule has 0 atom stereocenters. The molecule has 1 aromatic heterocycles. The number of hydrogen-bond acceptors (Lipinski definition) is 3. The lowest BCUT2D eigenvalue weighted by Crippen LogP contribution is -2.49. The molecule has 4 rings (SSSR count). The number of amides is 2. The van der Waals surface area contributed by atoms with Gasteiger partial charge in [-0.25, -0.2) is 9.18 Å². The van der Waals surface area contributed by atoms with Gasteiger partial charge in [0.2, 0.25) is 0 Å². The summed E-state index contributed by atoms with van der Waals surface area (Å²) in [7, 11) is 0. The Morgan fingerprint density at radius 1 is 1.25 bits per heavy atom. The zero-order valence-electron chi connectivity index (χ0n) is 16.5. The summed E-state index contributed by atoms with van der Waals surface area (Å²) in [6.45, 7) is 7.44. The van der Waals surface area contributed by atoms with Gasteiger partial charge in [-0.3, -0.25) is 14.8 Å². The smallest absolute Gasteiger partial charge is 0.322 e. The van der Waals surface area contributed by atoms with Crippen LogP contribution in [0.2, 0.25) is 0 Å². The van der Waals surface area contributed by atoms with Crippen molar-refractivity contribution in [3.63, 3.8) is 0 Å². The third-order valence-corrected chi connectivity index (χ3v) is 5.73. The fourth-order valence-electron chi connectivity index (χ4n) is 4.22. The van der Waals surface area contributed by atoms with Crippen LogP contribution in [0.1, 0.15) is 37.9 Å². The summed E-state index contributed by atoms with van der Waals surface area (Å²) in [5.41, 5.74) is 2.40. The van der Waals surface area contributed by atoms with Crippen molar-refractivity contribution < 1.29 is 9.18 Å². The summed E-state index contributed by atoms with van der Waals surface area (Å²) in [4.78, 5) is 21.2. The van der Waals surface area contributed by atoms with E-state index in [1.807, 2.05) is 19.9 Å². The normalized spacial score (nSPS) is 19.5. The van der Waals surface area contributed by atoms with Crippen molar-refractivity contribution in [3.05, 3.63) is 59.7 Å². The molecule has 1 aromatic carbocycles. The van der Waals surface area contributed by atoms with Gasteiger partial charge in [-0.15, -0.1) is 0 Å². The van der Waals surface area contributed by atoms with E-state index in [0.29, 0.717) is 12.2 Å². The molecule has 2 aliphatic rings. The monoisotopic (exact) mass is 382 g/mol. The summed E-state index contributed by atoms with van der Waals surface area (Å²) in [5.74, 6) is -0.413. The first-order chi connectivity index (χ1) is 13.4. The second-order valence-corrected chi connectivity index (χ2v) is 8.48. The maximum Gasteiger partial charge on any atom is 0.322 e. The highest BCUT2D eigenvalue weighted by Gasteiger charge is 2.40. The van der Waals surface area contributed by atoms with Gasteiger partial charge in [0.15, 0.2) is 0 Å². The molecule has 2 amide bonds. The number of rotatable bonds is 3. The number of carbonyl (C=O) groups is 1. The Morgan fingerprint density at radius 2 is 1.96 bits per heavy atom. The summed E-state index contributed by atoms with van der Waals surface area (Å²) < 4.78 is 13.7. The number of hydrogen-bond donors (Lipinski definition) is 1. The van der Waals surface area contributed by atoms with Crippen molar-refractivity contribution in [1.29, 1.82) is 0 Å². The highest BCUT2D eigenvalue weighted by Crippen LogP contribution is 2.39. The first kappa shape index (κ1) is 18.9.